The maximum Gasteiger partial charge on any atom is 0.257 e. The van der Waals surface area contributed by atoms with Gasteiger partial charge in [-0.3, -0.25) is 4.79 Å². The second-order valence-corrected chi connectivity index (χ2v) is 9.08. The van der Waals surface area contributed by atoms with Crippen molar-refractivity contribution in [3.8, 4) is 5.75 Å². The molecule has 1 aliphatic carbocycles. The molecule has 1 aromatic rings. The van der Waals surface area contributed by atoms with Crippen molar-refractivity contribution in [2.75, 3.05) is 40.5 Å². The summed E-state index contributed by atoms with van der Waals surface area (Å²) >= 11 is 0. The number of ether oxygens (including phenoxy) is 2. The van der Waals surface area contributed by atoms with Crippen molar-refractivity contribution in [3.63, 3.8) is 0 Å². The molecule has 0 atom stereocenters. The number of nitrogens with zero attached hydrogens (tertiary/aromatic N) is 2. The van der Waals surface area contributed by atoms with E-state index >= 15 is 0 Å². The quantitative estimate of drug-likeness (QED) is 0.762. The summed E-state index contributed by atoms with van der Waals surface area (Å²) in [5.74, 6) is 0.151. The van der Waals surface area contributed by atoms with Crippen LogP contribution < -0.4 is 4.74 Å². The van der Waals surface area contributed by atoms with Gasteiger partial charge in [0.2, 0.25) is 10.0 Å². The van der Waals surface area contributed by atoms with Crippen LogP contribution in [0.25, 0.3) is 0 Å². The molecule has 1 heterocycles. The number of methoxy groups -OCH3 is 1. The van der Waals surface area contributed by atoms with Crippen LogP contribution >= 0.6 is 0 Å². The van der Waals surface area contributed by atoms with E-state index in [1.54, 1.807) is 18.0 Å². The highest BCUT2D eigenvalue weighted by atomic mass is 32.2. The molecule has 7 nitrogen and oxygen atoms in total. The lowest BCUT2D eigenvalue weighted by Gasteiger charge is -2.31. The van der Waals surface area contributed by atoms with Crippen LogP contribution in [0.1, 0.15) is 42.5 Å². The summed E-state index contributed by atoms with van der Waals surface area (Å²) in [5, 5.41) is 0. The third-order valence-corrected chi connectivity index (χ3v) is 7.37. The van der Waals surface area contributed by atoms with Gasteiger partial charge in [0.05, 0.1) is 30.8 Å². The Morgan fingerprint density at radius 3 is 2.48 bits per heavy atom. The van der Waals surface area contributed by atoms with Gasteiger partial charge in [-0.1, -0.05) is 19.3 Å². The van der Waals surface area contributed by atoms with Crippen LogP contribution in [-0.4, -0.2) is 70.0 Å². The smallest absolute Gasteiger partial charge is 0.257 e. The predicted octanol–water partition coefficient (Wildman–Crippen LogP) is 2.12. The van der Waals surface area contributed by atoms with Crippen LogP contribution in [0.5, 0.6) is 5.75 Å². The molecule has 1 amide bonds. The molecular weight excluding hydrogens is 368 g/mol. The van der Waals surface area contributed by atoms with E-state index in [-0.39, 0.29) is 22.4 Å². The first-order valence-electron chi connectivity index (χ1n) is 9.48. The topological polar surface area (TPSA) is 76.2 Å². The molecule has 0 spiro atoms. The molecular formula is C19H28N2O5S. The molecule has 0 bridgehead atoms. The Morgan fingerprint density at radius 1 is 1.19 bits per heavy atom. The molecule has 2 fully saturated rings. The van der Waals surface area contributed by atoms with Crippen molar-refractivity contribution in [2.45, 2.75) is 43.0 Å². The van der Waals surface area contributed by atoms with Crippen molar-refractivity contribution < 1.29 is 22.7 Å². The molecule has 8 heteroatoms. The molecule has 1 aliphatic heterocycles. The number of amides is 1. The number of carbonyl (C=O) groups is 1. The first-order chi connectivity index (χ1) is 12.9. The van der Waals surface area contributed by atoms with Gasteiger partial charge in [-0.15, -0.1) is 0 Å². The van der Waals surface area contributed by atoms with Gasteiger partial charge in [0.25, 0.3) is 5.91 Å². The van der Waals surface area contributed by atoms with E-state index in [2.05, 4.69) is 0 Å². The number of morpholine rings is 1. The van der Waals surface area contributed by atoms with Gasteiger partial charge in [-0.25, -0.2) is 8.42 Å². The first-order valence-corrected chi connectivity index (χ1v) is 10.9. The Morgan fingerprint density at radius 2 is 1.85 bits per heavy atom. The monoisotopic (exact) mass is 396 g/mol. The van der Waals surface area contributed by atoms with Gasteiger partial charge in [-0.05, 0) is 31.0 Å². The number of rotatable bonds is 5. The minimum atomic E-state index is -3.67. The summed E-state index contributed by atoms with van der Waals surface area (Å²) in [6, 6.07) is 4.55. The van der Waals surface area contributed by atoms with Gasteiger partial charge in [0, 0.05) is 26.2 Å². The zero-order valence-corrected chi connectivity index (χ0v) is 16.8. The summed E-state index contributed by atoms with van der Waals surface area (Å²) in [6.07, 6.45) is 5.02. The molecule has 0 unspecified atom stereocenters. The molecule has 2 aliphatic rings. The fourth-order valence-electron chi connectivity index (χ4n) is 3.76. The zero-order valence-electron chi connectivity index (χ0n) is 16.0. The fourth-order valence-corrected chi connectivity index (χ4v) is 5.20. The standard InChI is InChI=1S/C19H28N2O5S/c1-20(15-6-4-3-5-7-15)27(23,24)16-8-9-18(25-2)17(14-16)19(22)21-10-12-26-13-11-21/h8-9,14-15H,3-7,10-13H2,1-2H3. The van der Waals surface area contributed by atoms with Crippen LogP contribution in [-0.2, 0) is 14.8 Å². The van der Waals surface area contributed by atoms with Crippen LogP contribution in [0.15, 0.2) is 23.1 Å². The highest BCUT2D eigenvalue weighted by molar-refractivity contribution is 7.89. The minimum absolute atomic E-state index is 0.0178. The summed E-state index contributed by atoms with van der Waals surface area (Å²) in [6.45, 7) is 1.94. The van der Waals surface area contributed by atoms with Crippen molar-refractivity contribution in [1.82, 2.24) is 9.21 Å². The van der Waals surface area contributed by atoms with E-state index in [1.807, 2.05) is 0 Å². The summed E-state index contributed by atoms with van der Waals surface area (Å²) < 4.78 is 38.3. The number of sulfonamides is 1. The zero-order chi connectivity index (χ0) is 19.4. The third-order valence-electron chi connectivity index (χ3n) is 5.47. The van der Waals surface area contributed by atoms with Gasteiger partial charge in [0.15, 0.2) is 0 Å². The van der Waals surface area contributed by atoms with Crippen LogP contribution in [0, 0.1) is 0 Å². The second kappa shape index (κ2) is 8.58. The molecule has 0 N–H and O–H groups in total. The molecule has 1 saturated heterocycles. The first kappa shape index (κ1) is 20.1. The van der Waals surface area contributed by atoms with Crippen LogP contribution in [0.4, 0.5) is 0 Å². The third kappa shape index (κ3) is 4.28. The van der Waals surface area contributed by atoms with Crippen molar-refractivity contribution >= 4 is 15.9 Å². The lowest BCUT2D eigenvalue weighted by molar-refractivity contribution is 0.0300. The van der Waals surface area contributed by atoms with Gasteiger partial charge in [0.1, 0.15) is 5.75 Å². The van der Waals surface area contributed by atoms with Crippen molar-refractivity contribution in [3.05, 3.63) is 23.8 Å². The Bertz CT molecular complexity index is 768. The fraction of sp³-hybridized carbons (Fsp3) is 0.632. The molecule has 150 valence electrons. The summed E-state index contributed by atoms with van der Waals surface area (Å²) in [4.78, 5) is 14.7. The Kier molecular flexibility index (Phi) is 6.39. The van der Waals surface area contributed by atoms with Crippen molar-refractivity contribution in [1.29, 1.82) is 0 Å². The Balaban J connectivity index is 1.90. The lowest BCUT2D eigenvalue weighted by atomic mass is 9.96. The Hall–Kier alpha value is -1.64. The van der Waals surface area contributed by atoms with Crippen LogP contribution in [0.2, 0.25) is 0 Å². The summed E-state index contributed by atoms with van der Waals surface area (Å²) in [7, 11) is -0.550. The molecule has 0 radical (unpaired) electrons. The highest BCUT2D eigenvalue weighted by Crippen LogP contribution is 2.29. The van der Waals surface area contributed by atoms with Crippen LogP contribution in [0.3, 0.4) is 0 Å². The van der Waals surface area contributed by atoms with E-state index in [0.29, 0.717) is 32.1 Å². The number of hydrogen-bond donors (Lipinski definition) is 0. The van der Waals surface area contributed by atoms with E-state index in [1.165, 1.54) is 23.5 Å². The maximum absolute atomic E-state index is 13.1. The SMILES string of the molecule is COc1ccc(S(=O)(=O)N(C)C2CCCCC2)cc1C(=O)N1CCOCC1. The van der Waals surface area contributed by atoms with E-state index < -0.39 is 10.0 Å². The molecule has 27 heavy (non-hydrogen) atoms. The number of carbonyl (C=O) groups excluding carboxylic acids is 1. The van der Waals surface area contributed by atoms with Crippen molar-refractivity contribution in [2.24, 2.45) is 0 Å². The number of benzene rings is 1. The maximum atomic E-state index is 13.1. The van der Waals surface area contributed by atoms with E-state index in [4.69, 9.17) is 9.47 Å². The highest BCUT2D eigenvalue weighted by Gasteiger charge is 2.31. The van der Waals surface area contributed by atoms with E-state index in [9.17, 15) is 13.2 Å². The summed E-state index contributed by atoms with van der Waals surface area (Å²) in [5.41, 5.74) is 0.275. The molecule has 0 aromatic heterocycles. The molecule has 1 saturated carbocycles. The molecule has 1 aromatic carbocycles. The van der Waals surface area contributed by atoms with Gasteiger partial charge < -0.3 is 14.4 Å². The Labute approximate surface area is 161 Å². The van der Waals surface area contributed by atoms with E-state index in [0.717, 1.165) is 32.1 Å². The lowest BCUT2D eigenvalue weighted by Crippen LogP contribution is -2.41. The normalized spacial score (nSPS) is 19.3. The average molecular weight is 397 g/mol. The second-order valence-electron chi connectivity index (χ2n) is 7.08. The average Bonchev–Trinajstić information content (AvgIpc) is 2.73. The predicted molar refractivity (Wildman–Crippen MR) is 102 cm³/mol. The minimum Gasteiger partial charge on any atom is -0.496 e. The molecule has 3 rings (SSSR count). The largest absolute Gasteiger partial charge is 0.496 e. The van der Waals surface area contributed by atoms with Gasteiger partial charge in [-0.2, -0.15) is 4.31 Å². The number of hydrogen-bond acceptors (Lipinski definition) is 5. The van der Waals surface area contributed by atoms with Gasteiger partial charge >= 0.3 is 0 Å².